The van der Waals surface area contributed by atoms with Gasteiger partial charge in [-0.15, -0.1) is 6.58 Å². The van der Waals surface area contributed by atoms with Gasteiger partial charge in [0.2, 0.25) is 5.91 Å². The first-order chi connectivity index (χ1) is 7.68. The molecule has 1 heterocycles. The Morgan fingerprint density at radius 3 is 2.35 bits per heavy atom. The summed E-state index contributed by atoms with van der Waals surface area (Å²) >= 11 is 0. The Kier molecular flexibility index (Phi) is 3.69. The molecule has 1 aliphatic rings. The van der Waals surface area contributed by atoms with Crippen LogP contribution >= 0.6 is 0 Å². The zero-order chi connectivity index (χ0) is 13.4. The minimum Gasteiger partial charge on any atom is -0.395 e. The van der Waals surface area contributed by atoms with E-state index < -0.39 is 32.5 Å². The molecule has 0 saturated carbocycles. The first kappa shape index (κ1) is 14.2. The predicted molar refractivity (Wildman–Crippen MR) is 64.9 cm³/mol. The Balaban J connectivity index is 3.10. The number of sulfone groups is 1. The number of β-lactam (4-membered cyclic amide) rings is 1. The van der Waals surface area contributed by atoms with Gasteiger partial charge in [0, 0.05) is 6.54 Å². The zero-order valence-electron chi connectivity index (χ0n) is 10.4. The number of carbonyl (C=O) groups is 1. The van der Waals surface area contributed by atoms with Crippen LogP contribution in [-0.2, 0) is 14.6 Å². The number of aliphatic hydroxyl groups is 1. The third-order valence-electron chi connectivity index (χ3n) is 2.95. The molecule has 5 nitrogen and oxygen atoms in total. The van der Waals surface area contributed by atoms with E-state index in [1.807, 2.05) is 0 Å². The van der Waals surface area contributed by atoms with Gasteiger partial charge >= 0.3 is 0 Å². The Hall–Kier alpha value is -0.880. The van der Waals surface area contributed by atoms with Crippen LogP contribution in [0.1, 0.15) is 20.8 Å². The smallest absolute Gasteiger partial charge is 0.232 e. The number of likely N-dealkylation sites (tertiary alicyclic amines) is 1. The van der Waals surface area contributed by atoms with E-state index in [0.29, 0.717) is 0 Å². The van der Waals surface area contributed by atoms with Gasteiger partial charge in [0.15, 0.2) is 9.84 Å². The second-order valence-corrected chi connectivity index (χ2v) is 7.91. The van der Waals surface area contributed by atoms with Gasteiger partial charge in [0.05, 0.1) is 17.3 Å². The molecule has 0 aliphatic carbocycles. The fourth-order valence-corrected chi connectivity index (χ4v) is 3.73. The van der Waals surface area contributed by atoms with Gasteiger partial charge in [-0.25, -0.2) is 8.42 Å². The molecule has 0 aromatic rings. The first-order valence-electron chi connectivity index (χ1n) is 5.44. The predicted octanol–water partition coefficient (Wildman–Crippen LogP) is 0.163. The van der Waals surface area contributed by atoms with E-state index >= 15 is 0 Å². The summed E-state index contributed by atoms with van der Waals surface area (Å²) in [6.45, 7) is 8.01. The van der Waals surface area contributed by atoms with E-state index in [9.17, 15) is 13.2 Å². The fourth-order valence-electron chi connectivity index (χ4n) is 1.84. The average Bonchev–Trinajstić information content (AvgIpc) is 2.19. The van der Waals surface area contributed by atoms with Gasteiger partial charge in [-0.05, 0) is 20.8 Å². The number of carbonyl (C=O) groups excluding carboxylic acids is 1. The Morgan fingerprint density at radius 2 is 2.00 bits per heavy atom. The van der Waals surface area contributed by atoms with Crippen molar-refractivity contribution in [3.63, 3.8) is 0 Å². The minimum absolute atomic E-state index is 0.190. The molecule has 1 aliphatic heterocycles. The first-order valence-corrected chi connectivity index (χ1v) is 6.98. The second-order valence-electron chi connectivity index (χ2n) is 5.12. The van der Waals surface area contributed by atoms with Crippen LogP contribution in [0.5, 0.6) is 0 Å². The molecule has 17 heavy (non-hydrogen) atoms. The lowest BCUT2D eigenvalue weighted by atomic mass is 9.99. The van der Waals surface area contributed by atoms with Crippen LogP contribution in [0, 0.1) is 5.92 Å². The molecule has 1 saturated heterocycles. The quantitative estimate of drug-likeness (QED) is 0.578. The van der Waals surface area contributed by atoms with E-state index in [1.165, 1.54) is 11.0 Å². The highest BCUT2D eigenvalue weighted by Gasteiger charge is 2.56. The van der Waals surface area contributed by atoms with Crippen LogP contribution in [0.4, 0.5) is 0 Å². The molecule has 0 aromatic carbocycles. The lowest BCUT2D eigenvalue weighted by Gasteiger charge is -2.47. The largest absolute Gasteiger partial charge is 0.395 e. The summed E-state index contributed by atoms with van der Waals surface area (Å²) < 4.78 is 23.6. The molecular formula is C11H19NO4S. The van der Waals surface area contributed by atoms with Crippen molar-refractivity contribution in [3.05, 3.63) is 12.7 Å². The summed E-state index contributed by atoms with van der Waals surface area (Å²) in [5.41, 5.74) is 0. The maximum Gasteiger partial charge on any atom is 0.232 e. The number of hydrogen-bond acceptors (Lipinski definition) is 4. The lowest BCUT2D eigenvalue weighted by Crippen LogP contribution is -2.67. The maximum atomic E-state index is 12.3. The van der Waals surface area contributed by atoms with Crippen LogP contribution in [-0.4, -0.2) is 47.6 Å². The van der Waals surface area contributed by atoms with Crippen LogP contribution in [0.3, 0.4) is 0 Å². The SMILES string of the molecule is C=CCN1C(=O)C(CO)C1S(=O)(=O)C(C)(C)C. The fraction of sp³-hybridized carbons (Fsp3) is 0.727. The monoisotopic (exact) mass is 261 g/mol. The van der Waals surface area contributed by atoms with Crippen LogP contribution in [0.25, 0.3) is 0 Å². The van der Waals surface area contributed by atoms with E-state index in [1.54, 1.807) is 20.8 Å². The molecule has 0 bridgehead atoms. The maximum absolute atomic E-state index is 12.3. The molecule has 2 unspecified atom stereocenters. The molecule has 6 heteroatoms. The van der Waals surface area contributed by atoms with Gasteiger partial charge < -0.3 is 10.0 Å². The minimum atomic E-state index is -3.51. The number of hydrogen-bond donors (Lipinski definition) is 1. The molecule has 1 rings (SSSR count). The number of rotatable bonds is 4. The zero-order valence-corrected chi connectivity index (χ0v) is 11.2. The molecule has 98 valence electrons. The molecular weight excluding hydrogens is 242 g/mol. The molecule has 0 aromatic heterocycles. The van der Waals surface area contributed by atoms with Crippen molar-refractivity contribution in [2.75, 3.05) is 13.2 Å². The van der Waals surface area contributed by atoms with Gasteiger partial charge in [0.1, 0.15) is 5.37 Å². The highest BCUT2D eigenvalue weighted by molar-refractivity contribution is 7.93. The van der Waals surface area contributed by atoms with E-state index in [0.717, 1.165) is 0 Å². The highest BCUT2D eigenvalue weighted by Crippen LogP contribution is 2.36. The van der Waals surface area contributed by atoms with Crippen LogP contribution < -0.4 is 0 Å². The summed E-state index contributed by atoms with van der Waals surface area (Å²) in [6, 6.07) is 0. The van der Waals surface area contributed by atoms with E-state index in [-0.39, 0.29) is 12.5 Å². The third kappa shape index (κ3) is 2.11. The van der Waals surface area contributed by atoms with Crippen LogP contribution in [0.2, 0.25) is 0 Å². The van der Waals surface area contributed by atoms with Crippen molar-refractivity contribution in [2.24, 2.45) is 5.92 Å². The molecule has 1 fully saturated rings. The summed E-state index contributed by atoms with van der Waals surface area (Å²) in [4.78, 5) is 12.9. The van der Waals surface area contributed by atoms with Gasteiger partial charge in [-0.3, -0.25) is 4.79 Å². The normalized spacial score (nSPS) is 25.6. The van der Waals surface area contributed by atoms with Gasteiger partial charge in [-0.1, -0.05) is 6.08 Å². The Morgan fingerprint density at radius 1 is 1.47 bits per heavy atom. The molecule has 2 atom stereocenters. The topological polar surface area (TPSA) is 74.7 Å². The van der Waals surface area contributed by atoms with Crippen molar-refractivity contribution in [1.29, 1.82) is 0 Å². The molecule has 1 amide bonds. The Bertz CT molecular complexity index is 421. The van der Waals surface area contributed by atoms with Crippen molar-refractivity contribution >= 4 is 15.7 Å². The van der Waals surface area contributed by atoms with Gasteiger partial charge in [-0.2, -0.15) is 0 Å². The second kappa shape index (κ2) is 4.42. The average molecular weight is 261 g/mol. The van der Waals surface area contributed by atoms with Crippen molar-refractivity contribution in [2.45, 2.75) is 30.9 Å². The molecule has 0 radical (unpaired) electrons. The van der Waals surface area contributed by atoms with E-state index in [2.05, 4.69) is 6.58 Å². The number of amides is 1. The number of aliphatic hydroxyl groups excluding tert-OH is 1. The Labute approximate surface area is 102 Å². The lowest BCUT2D eigenvalue weighted by molar-refractivity contribution is -0.152. The molecule has 1 N–H and O–H groups in total. The van der Waals surface area contributed by atoms with Crippen LogP contribution in [0.15, 0.2) is 12.7 Å². The van der Waals surface area contributed by atoms with Crippen molar-refractivity contribution < 1.29 is 18.3 Å². The van der Waals surface area contributed by atoms with Crippen molar-refractivity contribution in [3.8, 4) is 0 Å². The van der Waals surface area contributed by atoms with Gasteiger partial charge in [0.25, 0.3) is 0 Å². The summed E-state index contributed by atoms with van der Waals surface area (Å²) in [7, 11) is -3.51. The summed E-state index contributed by atoms with van der Waals surface area (Å²) in [5.74, 6) is -1.16. The van der Waals surface area contributed by atoms with Crippen molar-refractivity contribution in [1.82, 2.24) is 4.90 Å². The number of nitrogens with zero attached hydrogens (tertiary/aromatic N) is 1. The summed E-state index contributed by atoms with van der Waals surface area (Å²) in [6.07, 6.45) is 1.48. The highest BCUT2D eigenvalue weighted by atomic mass is 32.2. The molecule has 0 spiro atoms. The third-order valence-corrected chi connectivity index (χ3v) is 5.87. The standard InChI is InChI=1S/C11H19NO4S/c1-5-6-12-9(14)8(7-13)10(12)17(15,16)11(2,3)4/h5,8,10,13H,1,6-7H2,2-4H3. The van der Waals surface area contributed by atoms with E-state index in [4.69, 9.17) is 5.11 Å². The summed E-state index contributed by atoms with van der Waals surface area (Å²) in [5, 5.41) is 8.17.